The first-order chi connectivity index (χ1) is 11.3. The van der Waals surface area contributed by atoms with Crippen molar-refractivity contribution in [3.05, 3.63) is 29.3 Å². The van der Waals surface area contributed by atoms with Crippen LogP contribution < -0.4 is 0 Å². The van der Waals surface area contributed by atoms with Crippen molar-refractivity contribution in [1.29, 1.82) is 0 Å². The summed E-state index contributed by atoms with van der Waals surface area (Å²) in [5, 5.41) is 8.99. The zero-order chi connectivity index (χ0) is 19.2. The van der Waals surface area contributed by atoms with Gasteiger partial charge in [0.15, 0.2) is 9.84 Å². The Hall–Kier alpha value is -2.10. The summed E-state index contributed by atoms with van der Waals surface area (Å²) in [5.41, 5.74) is 0.301. The Kier molecular flexibility index (Phi) is 4.86. The van der Waals surface area contributed by atoms with Crippen LogP contribution in [0.15, 0.2) is 23.1 Å². The number of hydrogen-bond donors (Lipinski definition) is 1. The van der Waals surface area contributed by atoms with E-state index in [2.05, 4.69) is 0 Å². The largest absolute Gasteiger partial charge is 0.481 e. The Morgan fingerprint density at radius 3 is 2.28 bits per heavy atom. The average molecular weight is 379 g/mol. The second-order valence-corrected chi connectivity index (χ2v) is 8.04. The number of aryl methyl sites for hydroxylation is 1. The van der Waals surface area contributed by atoms with E-state index in [4.69, 9.17) is 5.11 Å². The number of carboxylic acid groups (broad SMARTS) is 1. The second kappa shape index (κ2) is 6.32. The maximum Gasteiger partial charge on any atom is 0.394 e. The van der Waals surface area contributed by atoms with E-state index in [1.54, 1.807) is 0 Å². The molecule has 1 aromatic rings. The van der Waals surface area contributed by atoms with E-state index in [-0.39, 0.29) is 10.5 Å². The van der Waals surface area contributed by atoms with Crippen molar-refractivity contribution in [2.24, 2.45) is 11.8 Å². The molecule has 1 heterocycles. The summed E-state index contributed by atoms with van der Waals surface area (Å²) in [6.45, 7) is 0.169. The van der Waals surface area contributed by atoms with Crippen LogP contribution in [0.3, 0.4) is 0 Å². The number of carbonyl (C=O) groups excluding carboxylic acids is 1. The zero-order valence-electron chi connectivity index (χ0n) is 13.4. The lowest BCUT2D eigenvalue weighted by molar-refractivity contribution is -0.187. The first-order valence-electron chi connectivity index (χ1n) is 7.22. The van der Waals surface area contributed by atoms with Crippen LogP contribution in [-0.2, 0) is 14.6 Å². The Morgan fingerprint density at radius 1 is 1.24 bits per heavy atom. The van der Waals surface area contributed by atoms with Gasteiger partial charge >= 0.3 is 12.1 Å². The third-order valence-corrected chi connectivity index (χ3v) is 5.42. The normalized spacial score (nSPS) is 21.4. The van der Waals surface area contributed by atoms with Crippen molar-refractivity contribution in [3.63, 3.8) is 0 Å². The van der Waals surface area contributed by atoms with Crippen molar-refractivity contribution in [3.8, 4) is 0 Å². The number of nitrogens with zero attached hydrogens (tertiary/aromatic N) is 1. The summed E-state index contributed by atoms with van der Waals surface area (Å²) in [4.78, 5) is 24.2. The molecular formula is C15H16F3NO5S. The van der Waals surface area contributed by atoms with Gasteiger partial charge in [-0.25, -0.2) is 8.42 Å². The first-order valence-corrected chi connectivity index (χ1v) is 9.11. The van der Waals surface area contributed by atoms with Gasteiger partial charge in [0.05, 0.1) is 16.7 Å². The van der Waals surface area contributed by atoms with E-state index in [1.165, 1.54) is 19.1 Å². The lowest BCUT2D eigenvalue weighted by Crippen LogP contribution is -2.34. The van der Waals surface area contributed by atoms with Crippen LogP contribution in [0.1, 0.15) is 15.9 Å². The summed E-state index contributed by atoms with van der Waals surface area (Å²) in [7, 11) is -3.62. The molecule has 0 radical (unpaired) electrons. The van der Waals surface area contributed by atoms with Crippen molar-refractivity contribution in [2.75, 3.05) is 19.3 Å². The summed E-state index contributed by atoms with van der Waals surface area (Å²) in [6, 6.07) is 3.79. The lowest BCUT2D eigenvalue weighted by Gasteiger charge is -2.18. The fourth-order valence-electron chi connectivity index (χ4n) is 2.87. The molecule has 1 aliphatic rings. The van der Waals surface area contributed by atoms with E-state index in [0.717, 1.165) is 17.2 Å². The molecule has 0 unspecified atom stereocenters. The number of halogens is 3. The van der Waals surface area contributed by atoms with Crippen molar-refractivity contribution in [2.45, 2.75) is 18.0 Å². The number of sulfone groups is 1. The summed E-state index contributed by atoms with van der Waals surface area (Å²) >= 11 is 0. The smallest absolute Gasteiger partial charge is 0.394 e. The van der Waals surface area contributed by atoms with Crippen LogP contribution in [0.5, 0.6) is 0 Å². The van der Waals surface area contributed by atoms with Gasteiger partial charge in [-0.05, 0) is 24.6 Å². The van der Waals surface area contributed by atoms with Gasteiger partial charge in [-0.2, -0.15) is 13.2 Å². The molecule has 25 heavy (non-hydrogen) atoms. The second-order valence-electron chi connectivity index (χ2n) is 6.06. The molecule has 0 spiro atoms. The maximum atomic E-state index is 13.0. The highest BCUT2D eigenvalue weighted by Gasteiger charge is 2.53. The third kappa shape index (κ3) is 3.94. The number of alkyl halides is 3. The number of carboxylic acids is 1. The monoisotopic (exact) mass is 379 g/mol. The van der Waals surface area contributed by atoms with Crippen LogP contribution in [0.25, 0.3) is 0 Å². The van der Waals surface area contributed by atoms with E-state index in [9.17, 15) is 31.2 Å². The van der Waals surface area contributed by atoms with E-state index in [0.29, 0.717) is 5.56 Å². The molecule has 1 saturated heterocycles. The number of hydrogen-bond acceptors (Lipinski definition) is 4. The summed E-state index contributed by atoms with van der Waals surface area (Å²) < 4.78 is 62.5. The van der Waals surface area contributed by atoms with Gasteiger partial charge in [-0.3, -0.25) is 9.59 Å². The predicted octanol–water partition coefficient (Wildman–Crippen LogP) is 1.73. The Bertz CT molecular complexity index is 819. The number of benzene rings is 1. The van der Waals surface area contributed by atoms with Crippen LogP contribution in [0.4, 0.5) is 13.2 Å². The average Bonchev–Trinajstić information content (AvgIpc) is 2.91. The molecule has 0 saturated carbocycles. The first kappa shape index (κ1) is 19.2. The van der Waals surface area contributed by atoms with Crippen molar-refractivity contribution < 1.29 is 36.3 Å². The molecule has 1 fully saturated rings. The van der Waals surface area contributed by atoms with Gasteiger partial charge in [0.2, 0.25) is 0 Å². The molecule has 0 aromatic heterocycles. The number of likely N-dealkylation sites (tertiary alicyclic amines) is 1. The zero-order valence-corrected chi connectivity index (χ0v) is 14.2. The molecular weight excluding hydrogens is 363 g/mol. The number of aliphatic carboxylic acids is 1. The van der Waals surface area contributed by atoms with Gasteiger partial charge in [0, 0.05) is 24.9 Å². The van der Waals surface area contributed by atoms with Gasteiger partial charge < -0.3 is 10.0 Å². The lowest BCUT2D eigenvalue weighted by atomic mass is 9.96. The highest BCUT2D eigenvalue weighted by Crippen LogP contribution is 2.38. The molecule has 6 nitrogen and oxygen atoms in total. The maximum absolute atomic E-state index is 13.0. The van der Waals surface area contributed by atoms with Crippen LogP contribution in [0, 0.1) is 18.8 Å². The van der Waals surface area contributed by atoms with Gasteiger partial charge in [0.25, 0.3) is 5.91 Å². The Labute approximate surface area is 142 Å². The van der Waals surface area contributed by atoms with Crippen molar-refractivity contribution >= 4 is 21.7 Å². The number of rotatable bonds is 3. The Balaban J connectivity index is 2.35. The molecule has 1 N–H and O–H groups in total. The highest BCUT2D eigenvalue weighted by atomic mass is 32.2. The summed E-state index contributed by atoms with van der Waals surface area (Å²) in [6.07, 6.45) is -3.79. The third-order valence-electron chi connectivity index (χ3n) is 4.18. The summed E-state index contributed by atoms with van der Waals surface area (Å²) in [5.74, 6) is -6.36. The predicted molar refractivity (Wildman–Crippen MR) is 80.9 cm³/mol. The van der Waals surface area contributed by atoms with Gasteiger partial charge in [-0.15, -0.1) is 0 Å². The number of carbonyl (C=O) groups is 2. The van der Waals surface area contributed by atoms with Crippen LogP contribution in [-0.4, -0.2) is 55.8 Å². The minimum Gasteiger partial charge on any atom is -0.481 e. The molecule has 138 valence electrons. The van der Waals surface area contributed by atoms with Gasteiger partial charge in [0.1, 0.15) is 0 Å². The standard InChI is InChI=1S/C15H16F3NO5S/c1-8-3-4-9(5-12(8)25(2,23)24)13(20)19-6-10(14(21)22)11(7-19)15(16,17)18/h3-5,10-11H,6-7H2,1-2H3,(H,21,22)/t10-,11-/m1/s1. The van der Waals surface area contributed by atoms with Crippen LogP contribution in [0.2, 0.25) is 0 Å². The molecule has 2 atom stereocenters. The molecule has 1 aliphatic heterocycles. The topological polar surface area (TPSA) is 91.8 Å². The minimum absolute atomic E-state index is 0.0975. The Morgan fingerprint density at radius 2 is 1.84 bits per heavy atom. The van der Waals surface area contributed by atoms with Gasteiger partial charge in [-0.1, -0.05) is 6.07 Å². The molecule has 1 aromatic carbocycles. The van der Waals surface area contributed by atoms with E-state index in [1.807, 2.05) is 0 Å². The quantitative estimate of drug-likeness (QED) is 0.864. The molecule has 0 bridgehead atoms. The molecule has 2 rings (SSSR count). The fourth-order valence-corrected chi connectivity index (χ4v) is 3.86. The SMILES string of the molecule is Cc1ccc(C(=O)N2C[C@@H](C(F)(F)F)[C@H](C(=O)O)C2)cc1S(C)(=O)=O. The molecule has 0 aliphatic carbocycles. The fraction of sp³-hybridized carbons (Fsp3) is 0.467. The van der Waals surface area contributed by atoms with Crippen LogP contribution >= 0.6 is 0 Å². The van der Waals surface area contributed by atoms with E-state index >= 15 is 0 Å². The van der Waals surface area contributed by atoms with Crippen molar-refractivity contribution in [1.82, 2.24) is 4.90 Å². The molecule has 10 heteroatoms. The minimum atomic E-state index is -4.75. The number of amides is 1. The van der Waals surface area contributed by atoms with E-state index < -0.39 is 52.8 Å². The highest BCUT2D eigenvalue weighted by molar-refractivity contribution is 7.90. The molecule has 1 amide bonds.